The zero-order chi connectivity index (χ0) is 12.3. The van der Waals surface area contributed by atoms with E-state index in [9.17, 15) is 4.79 Å². The van der Waals surface area contributed by atoms with Crippen molar-refractivity contribution in [2.45, 2.75) is 64.3 Å². The van der Waals surface area contributed by atoms with E-state index in [-0.39, 0.29) is 0 Å². The van der Waals surface area contributed by atoms with E-state index in [0.29, 0.717) is 12.0 Å². The molecule has 0 atom stereocenters. The lowest BCUT2D eigenvalue weighted by atomic mass is 10.0. The SMILES string of the molecule is CCC(CC)n1cc(C=O)c(C2CCCC2)n1. The highest BCUT2D eigenvalue weighted by Crippen LogP contribution is 2.35. The highest BCUT2D eigenvalue weighted by atomic mass is 16.1. The highest BCUT2D eigenvalue weighted by molar-refractivity contribution is 5.76. The molecule has 0 bridgehead atoms. The molecule has 17 heavy (non-hydrogen) atoms. The minimum atomic E-state index is 0.434. The number of rotatable bonds is 5. The van der Waals surface area contributed by atoms with Gasteiger partial charge >= 0.3 is 0 Å². The van der Waals surface area contributed by atoms with Gasteiger partial charge in [0.25, 0.3) is 0 Å². The monoisotopic (exact) mass is 234 g/mol. The Bertz CT molecular complexity index is 374. The van der Waals surface area contributed by atoms with Crippen molar-refractivity contribution in [2.75, 3.05) is 0 Å². The van der Waals surface area contributed by atoms with Crippen LogP contribution in [0.2, 0.25) is 0 Å². The maximum atomic E-state index is 11.1. The number of aldehydes is 1. The van der Waals surface area contributed by atoms with Gasteiger partial charge in [-0.25, -0.2) is 0 Å². The number of aromatic nitrogens is 2. The average molecular weight is 234 g/mol. The van der Waals surface area contributed by atoms with E-state index in [1.54, 1.807) is 0 Å². The van der Waals surface area contributed by atoms with Crippen LogP contribution >= 0.6 is 0 Å². The lowest BCUT2D eigenvalue weighted by Gasteiger charge is -2.13. The molecule has 0 unspecified atom stereocenters. The van der Waals surface area contributed by atoms with Crippen LogP contribution in [0.3, 0.4) is 0 Å². The number of nitrogens with zero attached hydrogens (tertiary/aromatic N) is 2. The fourth-order valence-corrected chi connectivity index (χ4v) is 2.88. The standard InChI is InChI=1S/C14H22N2O/c1-3-13(4-2)16-9-12(10-17)14(15-16)11-7-5-6-8-11/h9-11,13H,3-8H2,1-2H3. The predicted molar refractivity (Wildman–Crippen MR) is 68.4 cm³/mol. The average Bonchev–Trinajstić information content (AvgIpc) is 2.98. The van der Waals surface area contributed by atoms with Crippen LogP contribution in [-0.4, -0.2) is 16.1 Å². The molecule has 0 aliphatic heterocycles. The zero-order valence-electron chi connectivity index (χ0n) is 10.9. The van der Waals surface area contributed by atoms with Crippen LogP contribution < -0.4 is 0 Å². The molecular formula is C14H22N2O. The molecular weight excluding hydrogens is 212 g/mol. The van der Waals surface area contributed by atoms with Gasteiger partial charge in [0.15, 0.2) is 6.29 Å². The van der Waals surface area contributed by atoms with E-state index in [1.807, 2.05) is 10.9 Å². The Kier molecular flexibility index (Phi) is 3.97. The second-order valence-corrected chi connectivity index (χ2v) is 5.02. The quantitative estimate of drug-likeness (QED) is 0.728. The Morgan fingerprint density at radius 3 is 2.59 bits per heavy atom. The maximum absolute atomic E-state index is 11.1. The molecule has 1 saturated carbocycles. The first-order valence-corrected chi connectivity index (χ1v) is 6.84. The first-order chi connectivity index (χ1) is 8.30. The van der Waals surface area contributed by atoms with Gasteiger partial charge in [-0.2, -0.15) is 5.10 Å². The van der Waals surface area contributed by atoms with Crippen LogP contribution in [0.5, 0.6) is 0 Å². The van der Waals surface area contributed by atoms with Gasteiger partial charge in [0, 0.05) is 12.1 Å². The molecule has 1 aromatic heterocycles. The molecule has 3 nitrogen and oxygen atoms in total. The summed E-state index contributed by atoms with van der Waals surface area (Å²) in [4.78, 5) is 11.1. The van der Waals surface area contributed by atoms with E-state index in [0.717, 1.165) is 30.4 Å². The number of hydrogen-bond acceptors (Lipinski definition) is 2. The van der Waals surface area contributed by atoms with Gasteiger partial charge in [0.2, 0.25) is 0 Å². The van der Waals surface area contributed by atoms with Crippen LogP contribution in [0.1, 0.15) is 80.4 Å². The van der Waals surface area contributed by atoms with Gasteiger partial charge in [-0.05, 0) is 25.7 Å². The van der Waals surface area contributed by atoms with E-state index >= 15 is 0 Å². The van der Waals surface area contributed by atoms with Crippen molar-refractivity contribution in [3.05, 3.63) is 17.5 Å². The third kappa shape index (κ3) is 2.43. The molecule has 1 aliphatic carbocycles. The van der Waals surface area contributed by atoms with E-state index < -0.39 is 0 Å². The highest BCUT2D eigenvalue weighted by Gasteiger charge is 2.24. The fraction of sp³-hybridized carbons (Fsp3) is 0.714. The van der Waals surface area contributed by atoms with Crippen molar-refractivity contribution in [1.29, 1.82) is 0 Å². The lowest BCUT2D eigenvalue weighted by molar-refractivity contribution is 0.112. The summed E-state index contributed by atoms with van der Waals surface area (Å²) < 4.78 is 2.01. The van der Waals surface area contributed by atoms with Crippen molar-refractivity contribution >= 4 is 6.29 Å². The summed E-state index contributed by atoms with van der Waals surface area (Å²) >= 11 is 0. The van der Waals surface area contributed by atoms with Gasteiger partial charge in [-0.15, -0.1) is 0 Å². The largest absolute Gasteiger partial charge is 0.298 e. The minimum absolute atomic E-state index is 0.434. The molecule has 3 heteroatoms. The van der Waals surface area contributed by atoms with Gasteiger partial charge < -0.3 is 0 Å². The van der Waals surface area contributed by atoms with Gasteiger partial charge in [-0.3, -0.25) is 9.48 Å². The molecule has 1 fully saturated rings. The molecule has 0 aromatic carbocycles. The number of carbonyl (C=O) groups excluding carboxylic acids is 1. The van der Waals surface area contributed by atoms with Crippen molar-refractivity contribution < 1.29 is 4.79 Å². The molecule has 0 spiro atoms. The normalized spacial score (nSPS) is 16.9. The van der Waals surface area contributed by atoms with Crippen molar-refractivity contribution in [3.63, 3.8) is 0 Å². The van der Waals surface area contributed by atoms with Crippen molar-refractivity contribution in [1.82, 2.24) is 9.78 Å². The van der Waals surface area contributed by atoms with E-state index in [1.165, 1.54) is 25.7 Å². The van der Waals surface area contributed by atoms with Crippen molar-refractivity contribution in [3.8, 4) is 0 Å². The summed E-state index contributed by atoms with van der Waals surface area (Å²) in [6.45, 7) is 4.34. The molecule has 2 rings (SSSR count). The Labute approximate surface area is 103 Å². The summed E-state index contributed by atoms with van der Waals surface area (Å²) in [5, 5.41) is 4.69. The van der Waals surface area contributed by atoms with E-state index in [4.69, 9.17) is 5.10 Å². The zero-order valence-corrected chi connectivity index (χ0v) is 10.9. The summed E-state index contributed by atoms with van der Waals surface area (Å²) in [6, 6.07) is 0.434. The predicted octanol–water partition coefficient (Wildman–Crippen LogP) is 3.71. The van der Waals surface area contributed by atoms with Gasteiger partial charge in [0.05, 0.1) is 17.3 Å². The second-order valence-electron chi connectivity index (χ2n) is 5.02. The third-order valence-corrected chi connectivity index (χ3v) is 3.98. The number of hydrogen-bond donors (Lipinski definition) is 0. The van der Waals surface area contributed by atoms with Gasteiger partial charge in [0.1, 0.15) is 0 Å². The van der Waals surface area contributed by atoms with Crippen LogP contribution in [-0.2, 0) is 0 Å². The molecule has 0 N–H and O–H groups in total. The lowest BCUT2D eigenvalue weighted by Crippen LogP contribution is -2.08. The molecule has 0 amide bonds. The second kappa shape index (κ2) is 5.48. The molecule has 94 valence electrons. The smallest absolute Gasteiger partial charge is 0.153 e. The van der Waals surface area contributed by atoms with Crippen LogP contribution in [0.25, 0.3) is 0 Å². The van der Waals surface area contributed by atoms with Crippen LogP contribution in [0, 0.1) is 0 Å². The Morgan fingerprint density at radius 2 is 2.06 bits per heavy atom. The molecule has 0 radical (unpaired) electrons. The molecule has 1 aromatic rings. The first kappa shape index (κ1) is 12.3. The summed E-state index contributed by atoms with van der Waals surface area (Å²) in [5.41, 5.74) is 1.85. The number of carbonyl (C=O) groups is 1. The molecule has 0 saturated heterocycles. The van der Waals surface area contributed by atoms with Gasteiger partial charge in [-0.1, -0.05) is 26.7 Å². The Morgan fingerprint density at radius 1 is 1.41 bits per heavy atom. The van der Waals surface area contributed by atoms with Crippen LogP contribution in [0.4, 0.5) is 0 Å². The molecule has 1 heterocycles. The van der Waals surface area contributed by atoms with Crippen LogP contribution in [0.15, 0.2) is 6.20 Å². The maximum Gasteiger partial charge on any atom is 0.153 e. The molecule has 1 aliphatic rings. The Hall–Kier alpha value is -1.12. The Balaban J connectivity index is 2.28. The fourth-order valence-electron chi connectivity index (χ4n) is 2.88. The summed E-state index contributed by atoms with van der Waals surface area (Å²) in [6.07, 6.45) is 10.0. The first-order valence-electron chi connectivity index (χ1n) is 6.84. The van der Waals surface area contributed by atoms with Crippen molar-refractivity contribution in [2.24, 2.45) is 0 Å². The minimum Gasteiger partial charge on any atom is -0.298 e. The van der Waals surface area contributed by atoms with E-state index in [2.05, 4.69) is 13.8 Å². The third-order valence-electron chi connectivity index (χ3n) is 3.98. The summed E-state index contributed by atoms with van der Waals surface area (Å²) in [5.74, 6) is 0.519. The topological polar surface area (TPSA) is 34.9 Å². The summed E-state index contributed by atoms with van der Waals surface area (Å²) in [7, 11) is 0.